The van der Waals surface area contributed by atoms with Gasteiger partial charge in [-0.05, 0) is 79.8 Å². The molecule has 3 aliphatic heterocycles. The predicted octanol–water partition coefficient (Wildman–Crippen LogP) is 4.66. The summed E-state index contributed by atoms with van der Waals surface area (Å²) < 4.78 is 36.0. The molecule has 0 spiro atoms. The molecule has 3 N–H and O–H groups in total. The lowest BCUT2D eigenvalue weighted by Gasteiger charge is -2.38. The molecule has 3 saturated heterocycles. The van der Waals surface area contributed by atoms with E-state index in [2.05, 4.69) is 16.0 Å². The highest BCUT2D eigenvalue weighted by molar-refractivity contribution is 7.89. The summed E-state index contributed by atoms with van der Waals surface area (Å²) in [4.78, 5) is 29.2. The van der Waals surface area contributed by atoms with Crippen LogP contribution in [0.1, 0.15) is 60.5 Å². The Morgan fingerprint density at radius 2 is 1.49 bits per heavy atom. The van der Waals surface area contributed by atoms with Gasteiger partial charge in [0, 0.05) is 41.8 Å². The van der Waals surface area contributed by atoms with Gasteiger partial charge in [-0.3, -0.25) is 20.2 Å². The highest BCUT2D eigenvalue weighted by Crippen LogP contribution is 2.46. The van der Waals surface area contributed by atoms with E-state index in [0.29, 0.717) is 46.6 Å². The molecule has 10 nitrogen and oxygen atoms in total. The molecule has 3 fully saturated rings. The predicted molar refractivity (Wildman–Crippen MR) is 181 cm³/mol. The van der Waals surface area contributed by atoms with Gasteiger partial charge in [0.15, 0.2) is 5.66 Å². The number of rotatable bonds is 8. The van der Waals surface area contributed by atoms with Crippen LogP contribution in [0.5, 0.6) is 5.75 Å². The van der Waals surface area contributed by atoms with E-state index in [0.717, 1.165) is 30.4 Å². The molecule has 3 atom stereocenters. The van der Waals surface area contributed by atoms with Crippen molar-refractivity contribution in [2.45, 2.75) is 55.8 Å². The topological polar surface area (TPSA) is 120 Å². The third-order valence-corrected chi connectivity index (χ3v) is 11.6. The minimum Gasteiger partial charge on any atom is -0.493 e. The summed E-state index contributed by atoms with van der Waals surface area (Å²) in [5.74, 6) is -0.332. The Hall–Kier alpha value is -3.19. The van der Waals surface area contributed by atoms with Crippen molar-refractivity contribution in [3.63, 3.8) is 0 Å². The van der Waals surface area contributed by atoms with E-state index in [9.17, 15) is 18.0 Å². The average molecular weight is 701 g/mol. The smallest absolute Gasteiger partial charge is 0.263 e. The Morgan fingerprint density at radius 1 is 0.915 bits per heavy atom. The molecule has 3 aromatic carbocycles. The second-order valence-electron chi connectivity index (χ2n) is 12.2. The van der Waals surface area contributed by atoms with Gasteiger partial charge < -0.3 is 15.0 Å². The summed E-state index contributed by atoms with van der Waals surface area (Å²) in [5, 5.41) is 11.1. The van der Waals surface area contributed by atoms with Crippen LogP contribution in [-0.2, 0) is 25.3 Å². The first-order chi connectivity index (χ1) is 22.5. The summed E-state index contributed by atoms with van der Waals surface area (Å²) in [6.07, 6.45) is 2.55. The van der Waals surface area contributed by atoms with Crippen molar-refractivity contribution in [3.05, 3.63) is 93.0 Å². The normalized spacial score (nSPS) is 23.8. The van der Waals surface area contributed by atoms with Gasteiger partial charge in [0.2, 0.25) is 15.9 Å². The molecular formula is C34H39Cl2N5O5S. The van der Waals surface area contributed by atoms with Crippen molar-refractivity contribution < 1.29 is 22.7 Å². The van der Waals surface area contributed by atoms with Crippen molar-refractivity contribution >= 4 is 45.0 Å². The number of halogens is 2. The van der Waals surface area contributed by atoms with Crippen molar-refractivity contribution in [2.24, 2.45) is 0 Å². The Morgan fingerprint density at radius 3 is 2.02 bits per heavy atom. The molecule has 0 radical (unpaired) electrons. The van der Waals surface area contributed by atoms with Crippen LogP contribution in [0.3, 0.4) is 0 Å². The van der Waals surface area contributed by atoms with Crippen LogP contribution in [0.15, 0.2) is 65.6 Å². The number of carbonyl (C=O) groups is 2. The lowest BCUT2D eigenvalue weighted by molar-refractivity contribution is -0.144. The molecule has 0 aliphatic carbocycles. The fourth-order valence-corrected chi connectivity index (χ4v) is 8.76. The fraction of sp³-hybridized carbons (Fsp3) is 0.412. The van der Waals surface area contributed by atoms with Crippen LogP contribution in [0, 0.1) is 6.92 Å². The number of ether oxygens (including phenoxy) is 1. The lowest BCUT2D eigenvalue weighted by Crippen LogP contribution is -2.62. The summed E-state index contributed by atoms with van der Waals surface area (Å²) in [7, 11) is -3.90. The number of carbonyl (C=O) groups excluding carboxylic acids is 2. The van der Waals surface area contributed by atoms with Gasteiger partial charge in [-0.25, -0.2) is 8.42 Å². The van der Waals surface area contributed by atoms with Crippen LogP contribution >= 0.6 is 23.2 Å². The highest BCUT2D eigenvalue weighted by atomic mass is 35.5. The number of benzene rings is 3. The van der Waals surface area contributed by atoms with E-state index >= 15 is 0 Å². The van der Waals surface area contributed by atoms with Gasteiger partial charge in [-0.2, -0.15) is 4.31 Å². The SMILES string of the molecule is CCOc1cc(C)c(S(=O)(=O)N2CCCCC2)cc1C1(C(=O)N2CCNC(=O)C2)N[C@H](c2ccc(Cl)cc2)[C@H](c2ccc(Cl)cc2)N1. The summed E-state index contributed by atoms with van der Waals surface area (Å²) in [5.41, 5.74) is 0.839. The molecule has 0 saturated carbocycles. The zero-order valence-electron chi connectivity index (χ0n) is 26.4. The molecule has 3 aromatic rings. The Kier molecular flexibility index (Phi) is 9.85. The summed E-state index contributed by atoms with van der Waals surface area (Å²) >= 11 is 12.5. The number of amides is 2. The van der Waals surface area contributed by atoms with Crippen LogP contribution in [0.4, 0.5) is 0 Å². The Balaban J connectivity index is 1.57. The van der Waals surface area contributed by atoms with Crippen LogP contribution in [0.25, 0.3) is 0 Å². The van der Waals surface area contributed by atoms with Gasteiger partial charge >= 0.3 is 0 Å². The summed E-state index contributed by atoms with van der Waals surface area (Å²) in [6, 6.07) is 17.0. The van der Waals surface area contributed by atoms with Crippen LogP contribution in [0.2, 0.25) is 10.0 Å². The third-order valence-electron chi connectivity index (χ3n) is 9.10. The molecule has 3 aliphatic rings. The van der Waals surface area contributed by atoms with E-state index in [1.54, 1.807) is 43.3 Å². The number of sulfonamides is 1. The maximum atomic E-state index is 15.0. The van der Waals surface area contributed by atoms with E-state index in [1.807, 2.05) is 31.2 Å². The van der Waals surface area contributed by atoms with Crippen molar-refractivity contribution in [2.75, 3.05) is 39.3 Å². The van der Waals surface area contributed by atoms with Gasteiger partial charge in [-0.1, -0.05) is 53.9 Å². The Bertz CT molecular complexity index is 1690. The average Bonchev–Trinajstić information content (AvgIpc) is 3.47. The van der Waals surface area contributed by atoms with Crippen molar-refractivity contribution in [1.82, 2.24) is 25.2 Å². The maximum Gasteiger partial charge on any atom is 0.263 e. The van der Waals surface area contributed by atoms with E-state index in [4.69, 9.17) is 27.9 Å². The highest BCUT2D eigenvalue weighted by Gasteiger charge is 2.55. The number of hydrogen-bond acceptors (Lipinski definition) is 7. The van der Waals surface area contributed by atoms with E-state index < -0.39 is 33.7 Å². The lowest BCUT2D eigenvalue weighted by atomic mass is 9.95. The van der Waals surface area contributed by atoms with Gasteiger partial charge in [0.1, 0.15) is 5.75 Å². The first-order valence-corrected chi connectivity index (χ1v) is 18.1. The second-order valence-corrected chi connectivity index (χ2v) is 15.0. The Labute approximate surface area is 285 Å². The molecule has 6 rings (SSSR count). The van der Waals surface area contributed by atoms with Crippen molar-refractivity contribution in [3.8, 4) is 5.75 Å². The first-order valence-electron chi connectivity index (χ1n) is 15.9. The number of nitrogens with zero attached hydrogens (tertiary/aromatic N) is 2. The first kappa shape index (κ1) is 33.7. The molecule has 0 bridgehead atoms. The van der Waals surface area contributed by atoms with Gasteiger partial charge in [-0.15, -0.1) is 0 Å². The quantitative estimate of drug-likeness (QED) is 0.313. The number of piperazine rings is 1. The molecule has 1 unspecified atom stereocenters. The fourth-order valence-electron chi connectivity index (χ4n) is 6.76. The molecule has 3 heterocycles. The minimum atomic E-state index is -3.90. The number of hydrogen-bond donors (Lipinski definition) is 3. The molecule has 13 heteroatoms. The number of aryl methyl sites for hydroxylation is 1. The van der Waals surface area contributed by atoms with E-state index in [-0.39, 0.29) is 30.5 Å². The maximum absolute atomic E-state index is 15.0. The van der Waals surface area contributed by atoms with Gasteiger partial charge in [0.05, 0.1) is 30.1 Å². The third kappa shape index (κ3) is 6.62. The minimum absolute atomic E-state index is 0.114. The zero-order valence-corrected chi connectivity index (χ0v) is 28.7. The molecule has 2 amide bonds. The largest absolute Gasteiger partial charge is 0.493 e. The molecular weight excluding hydrogens is 661 g/mol. The molecule has 250 valence electrons. The van der Waals surface area contributed by atoms with Gasteiger partial charge in [0.25, 0.3) is 5.91 Å². The summed E-state index contributed by atoms with van der Waals surface area (Å²) in [6.45, 7) is 5.16. The monoisotopic (exact) mass is 699 g/mol. The van der Waals surface area contributed by atoms with Crippen LogP contribution < -0.4 is 20.7 Å². The second kappa shape index (κ2) is 13.7. The molecule has 0 aromatic heterocycles. The number of piperidine rings is 1. The zero-order chi connectivity index (χ0) is 33.3. The van der Waals surface area contributed by atoms with Crippen molar-refractivity contribution in [1.29, 1.82) is 0 Å². The van der Waals surface area contributed by atoms with Crippen LogP contribution in [-0.4, -0.2) is 68.8 Å². The standard InChI is InChI=1S/C34H39Cl2N5O5S/c1-3-46-28-19-22(2)29(47(44,45)41-16-5-4-6-17-41)20-27(28)34(33(43)40-18-15-37-30(42)21-40)38-31(23-7-11-25(35)12-8-23)32(39-34)24-9-13-26(36)14-10-24/h7-14,19-20,31-32,38-39H,3-6,15-18,21H2,1-2H3,(H,37,42)/t31-,32+,34?. The van der Waals surface area contributed by atoms with E-state index in [1.165, 1.54) is 9.21 Å². The number of nitrogens with one attached hydrogen (secondary N) is 3. The molecule has 47 heavy (non-hydrogen) atoms.